The highest BCUT2D eigenvalue weighted by Crippen LogP contribution is 2.44. The van der Waals surface area contributed by atoms with Crippen molar-refractivity contribution in [3.8, 4) is 34.4 Å². The topological polar surface area (TPSA) is 133 Å². The van der Waals surface area contributed by atoms with Crippen LogP contribution < -0.4 is 25.7 Å². The first-order valence-electron chi connectivity index (χ1n) is 9.76. The van der Waals surface area contributed by atoms with Crippen molar-refractivity contribution in [1.29, 1.82) is 5.26 Å². The van der Waals surface area contributed by atoms with Crippen molar-refractivity contribution in [3.05, 3.63) is 58.5 Å². The van der Waals surface area contributed by atoms with Gasteiger partial charge in [0.15, 0.2) is 11.5 Å². The van der Waals surface area contributed by atoms with E-state index in [2.05, 4.69) is 11.1 Å². The number of carbonyl (C=O) groups is 1. The molecule has 0 fully saturated rings. The van der Waals surface area contributed by atoms with E-state index >= 15 is 0 Å². The van der Waals surface area contributed by atoms with Gasteiger partial charge in [-0.25, -0.2) is 4.98 Å². The van der Waals surface area contributed by atoms with Crippen LogP contribution in [0.3, 0.4) is 0 Å². The summed E-state index contributed by atoms with van der Waals surface area (Å²) in [6, 6.07) is 14.1. The lowest BCUT2D eigenvalue weighted by Gasteiger charge is -2.13. The monoisotopic (exact) mass is 460 g/mol. The molecule has 0 saturated carbocycles. The Balaban J connectivity index is 1.96. The largest absolute Gasteiger partial charge is 0.497 e. The number of anilines is 2. The fourth-order valence-electron chi connectivity index (χ4n) is 3.61. The molecule has 0 amide bonds. The molecule has 8 nitrogen and oxygen atoms in total. The van der Waals surface area contributed by atoms with E-state index in [0.29, 0.717) is 49.0 Å². The summed E-state index contributed by atoms with van der Waals surface area (Å²) in [6.45, 7) is 0. The molecule has 2 aromatic heterocycles. The molecule has 33 heavy (non-hydrogen) atoms. The van der Waals surface area contributed by atoms with E-state index in [4.69, 9.17) is 25.7 Å². The van der Waals surface area contributed by atoms with Crippen molar-refractivity contribution >= 4 is 38.8 Å². The number of pyridine rings is 1. The lowest BCUT2D eigenvalue weighted by molar-refractivity contribution is 0.104. The molecule has 0 aliphatic heterocycles. The van der Waals surface area contributed by atoms with Crippen LogP contribution in [0.4, 0.5) is 11.5 Å². The highest BCUT2D eigenvalue weighted by molar-refractivity contribution is 7.21. The van der Waals surface area contributed by atoms with Gasteiger partial charge in [0.2, 0.25) is 5.78 Å². The summed E-state index contributed by atoms with van der Waals surface area (Å²) in [4.78, 5) is 18.4. The lowest BCUT2D eigenvalue weighted by Crippen LogP contribution is -2.03. The molecule has 166 valence electrons. The average Bonchev–Trinajstić information content (AvgIpc) is 3.17. The first-order valence-corrected chi connectivity index (χ1v) is 10.6. The van der Waals surface area contributed by atoms with E-state index in [-0.39, 0.29) is 22.9 Å². The number of aromatic nitrogens is 1. The van der Waals surface area contributed by atoms with Gasteiger partial charge in [0.1, 0.15) is 32.9 Å². The molecule has 2 aromatic carbocycles. The zero-order valence-corrected chi connectivity index (χ0v) is 18.9. The predicted molar refractivity (Wildman–Crippen MR) is 128 cm³/mol. The van der Waals surface area contributed by atoms with Gasteiger partial charge in [-0.3, -0.25) is 4.79 Å². The summed E-state index contributed by atoms with van der Waals surface area (Å²) < 4.78 is 15.9. The molecular formula is C24H20N4O4S. The number of ether oxygens (including phenoxy) is 3. The van der Waals surface area contributed by atoms with Gasteiger partial charge in [-0.1, -0.05) is 6.07 Å². The van der Waals surface area contributed by atoms with Crippen molar-refractivity contribution in [2.24, 2.45) is 0 Å². The fraction of sp³-hybridized carbons (Fsp3) is 0.125. The third-order valence-corrected chi connectivity index (χ3v) is 6.35. The second-order valence-corrected chi connectivity index (χ2v) is 8.01. The van der Waals surface area contributed by atoms with Crippen molar-refractivity contribution < 1.29 is 19.0 Å². The molecule has 0 unspecified atom stereocenters. The van der Waals surface area contributed by atoms with Gasteiger partial charge in [-0.15, -0.1) is 11.3 Å². The predicted octanol–water partition coefficient (Wildman–Crippen LogP) is 4.26. The molecule has 0 radical (unpaired) electrons. The average molecular weight is 461 g/mol. The zero-order valence-electron chi connectivity index (χ0n) is 18.1. The van der Waals surface area contributed by atoms with Gasteiger partial charge < -0.3 is 25.7 Å². The number of hydrogen-bond acceptors (Lipinski definition) is 9. The first kappa shape index (κ1) is 21.9. The summed E-state index contributed by atoms with van der Waals surface area (Å²) in [7, 11) is 4.61. The zero-order chi connectivity index (χ0) is 23.7. The highest BCUT2D eigenvalue weighted by Gasteiger charge is 2.25. The normalized spacial score (nSPS) is 10.6. The van der Waals surface area contributed by atoms with Crippen LogP contribution in [0, 0.1) is 11.3 Å². The Morgan fingerprint density at radius 2 is 1.70 bits per heavy atom. The number of hydrogen-bond donors (Lipinski definition) is 2. The van der Waals surface area contributed by atoms with Gasteiger partial charge in [-0.05, 0) is 42.0 Å². The number of nitriles is 1. The number of benzene rings is 2. The Bertz CT molecular complexity index is 1420. The summed E-state index contributed by atoms with van der Waals surface area (Å²) in [6.07, 6.45) is 0. The fourth-order valence-corrected chi connectivity index (χ4v) is 4.68. The molecule has 0 spiro atoms. The van der Waals surface area contributed by atoms with Crippen molar-refractivity contribution in [1.82, 2.24) is 4.98 Å². The molecule has 0 bridgehead atoms. The molecule has 0 saturated heterocycles. The van der Waals surface area contributed by atoms with E-state index in [1.54, 1.807) is 49.6 Å². The molecule has 4 aromatic rings. The summed E-state index contributed by atoms with van der Waals surface area (Å²) in [5, 5.41) is 10.3. The SMILES string of the molecule is COc1ccc(C(=O)c2sc3nc(N)c(C#N)c(-c4ccc(OC)c(OC)c4)c3c2N)cc1. The maximum Gasteiger partial charge on any atom is 0.205 e. The van der Waals surface area contributed by atoms with E-state index < -0.39 is 0 Å². The van der Waals surface area contributed by atoms with Gasteiger partial charge in [0.25, 0.3) is 0 Å². The third kappa shape index (κ3) is 3.66. The maximum atomic E-state index is 13.2. The van der Waals surface area contributed by atoms with Crippen LogP contribution in [0.5, 0.6) is 17.2 Å². The van der Waals surface area contributed by atoms with E-state index in [1.165, 1.54) is 14.2 Å². The minimum Gasteiger partial charge on any atom is -0.497 e. The standard InChI is InChI=1S/C24H20N4O4S/c1-30-14-7-4-12(5-8-14)21(29)22-20(26)19-18(15(11-25)23(27)28-24(19)33-22)13-6-9-16(31-2)17(10-13)32-3/h4-10H,26H2,1-3H3,(H2,27,28). The number of ketones is 1. The minimum absolute atomic E-state index is 0.0551. The Hall–Kier alpha value is -4.29. The maximum absolute atomic E-state index is 13.2. The quantitative estimate of drug-likeness (QED) is 0.408. The lowest BCUT2D eigenvalue weighted by atomic mass is 9.96. The number of thiophene rings is 1. The van der Waals surface area contributed by atoms with E-state index in [0.717, 1.165) is 11.3 Å². The van der Waals surface area contributed by atoms with Gasteiger partial charge >= 0.3 is 0 Å². The van der Waals surface area contributed by atoms with Crippen molar-refractivity contribution in [2.45, 2.75) is 0 Å². The molecule has 4 rings (SSSR count). The smallest absolute Gasteiger partial charge is 0.205 e. The Kier molecular flexibility index (Phi) is 5.77. The van der Waals surface area contributed by atoms with Crippen LogP contribution in [0.2, 0.25) is 0 Å². The molecule has 0 atom stereocenters. The van der Waals surface area contributed by atoms with Gasteiger partial charge in [-0.2, -0.15) is 5.26 Å². The van der Waals surface area contributed by atoms with Crippen LogP contribution >= 0.6 is 11.3 Å². The molecule has 9 heteroatoms. The number of nitrogen functional groups attached to an aromatic ring is 2. The van der Waals surface area contributed by atoms with Crippen molar-refractivity contribution in [2.75, 3.05) is 32.8 Å². The van der Waals surface area contributed by atoms with E-state index in [9.17, 15) is 10.1 Å². The molecule has 0 aliphatic rings. The van der Waals surface area contributed by atoms with Crippen LogP contribution in [0.15, 0.2) is 42.5 Å². The van der Waals surface area contributed by atoms with E-state index in [1.807, 2.05) is 0 Å². The summed E-state index contributed by atoms with van der Waals surface area (Å²) >= 11 is 1.13. The molecule has 2 heterocycles. The summed E-state index contributed by atoms with van der Waals surface area (Å²) in [5.74, 6) is 1.45. The minimum atomic E-state index is -0.256. The Morgan fingerprint density at radius 3 is 2.30 bits per heavy atom. The summed E-state index contributed by atoms with van der Waals surface area (Å²) in [5.41, 5.74) is 14.6. The first-order chi connectivity index (χ1) is 15.9. The molecule has 0 aliphatic carbocycles. The molecular weight excluding hydrogens is 440 g/mol. The van der Waals surface area contributed by atoms with Crippen LogP contribution in [-0.4, -0.2) is 32.1 Å². The van der Waals surface area contributed by atoms with Crippen molar-refractivity contribution in [3.63, 3.8) is 0 Å². The number of fused-ring (bicyclic) bond motifs is 1. The Labute approximate surface area is 193 Å². The van der Waals surface area contributed by atoms with Crippen LogP contribution in [0.1, 0.15) is 20.8 Å². The number of rotatable bonds is 6. The second kappa shape index (κ2) is 8.68. The van der Waals surface area contributed by atoms with Gasteiger partial charge in [0, 0.05) is 16.5 Å². The second-order valence-electron chi connectivity index (χ2n) is 7.01. The molecule has 4 N–H and O–H groups in total. The van der Waals surface area contributed by atoms with Crippen LogP contribution in [-0.2, 0) is 0 Å². The van der Waals surface area contributed by atoms with Crippen LogP contribution in [0.25, 0.3) is 21.3 Å². The number of carbonyl (C=O) groups excluding carboxylic acids is 1. The number of nitrogens with two attached hydrogens (primary N) is 2. The van der Waals surface area contributed by atoms with Gasteiger partial charge in [0.05, 0.1) is 27.0 Å². The Morgan fingerprint density at radius 1 is 1.00 bits per heavy atom. The number of nitrogens with zero attached hydrogens (tertiary/aromatic N) is 2. The highest BCUT2D eigenvalue weighted by atomic mass is 32.1. The third-order valence-electron chi connectivity index (χ3n) is 5.25. The number of methoxy groups -OCH3 is 3.